The molecule has 5 heteroatoms. The molecule has 2 heterocycles. The minimum absolute atomic E-state index is 0.193. The highest BCUT2D eigenvalue weighted by Gasteiger charge is 2.39. The molecular weight excluding hydrogens is 284 g/mol. The van der Waals surface area contributed by atoms with Gasteiger partial charge in [0.25, 0.3) is 0 Å². The average Bonchev–Trinajstić information content (AvgIpc) is 2.86. The number of piperidine rings is 1. The molecule has 0 aromatic heterocycles. The van der Waals surface area contributed by atoms with Crippen molar-refractivity contribution < 1.29 is 8.42 Å². The Hall–Kier alpha value is -0.130. The van der Waals surface area contributed by atoms with Crippen molar-refractivity contribution in [3.05, 3.63) is 0 Å². The van der Waals surface area contributed by atoms with E-state index < -0.39 is 9.84 Å². The molecule has 1 atom stereocenters. The molecule has 0 amide bonds. The van der Waals surface area contributed by atoms with Crippen LogP contribution in [-0.2, 0) is 9.84 Å². The summed E-state index contributed by atoms with van der Waals surface area (Å²) in [6.07, 6.45) is 11.5. The molecule has 1 N–H and O–H groups in total. The highest BCUT2D eigenvalue weighted by Crippen LogP contribution is 2.35. The van der Waals surface area contributed by atoms with Crippen molar-refractivity contribution in [1.82, 2.24) is 10.2 Å². The van der Waals surface area contributed by atoms with Crippen molar-refractivity contribution in [2.24, 2.45) is 0 Å². The number of rotatable bonds is 4. The lowest BCUT2D eigenvalue weighted by Gasteiger charge is -2.49. The molecule has 21 heavy (non-hydrogen) atoms. The van der Waals surface area contributed by atoms with Gasteiger partial charge in [-0.05, 0) is 45.2 Å². The maximum atomic E-state index is 11.6. The van der Waals surface area contributed by atoms with Crippen LogP contribution in [0.2, 0.25) is 0 Å². The first kappa shape index (κ1) is 15.8. The molecule has 3 aliphatic rings. The fourth-order valence-corrected chi connectivity index (χ4v) is 6.18. The largest absolute Gasteiger partial charge is 0.311 e. The SMILES string of the molecule is O=S1(=O)CCC(NCC2(N3CCCCC3)CCCCC2)C1. The number of nitrogens with zero attached hydrogens (tertiary/aromatic N) is 1. The predicted octanol–water partition coefficient (Wildman–Crippen LogP) is 1.95. The second kappa shape index (κ2) is 6.55. The van der Waals surface area contributed by atoms with Crippen molar-refractivity contribution >= 4 is 9.84 Å². The van der Waals surface area contributed by atoms with E-state index in [0.29, 0.717) is 17.0 Å². The Morgan fingerprint density at radius 1 is 1.00 bits per heavy atom. The fraction of sp³-hybridized carbons (Fsp3) is 1.00. The summed E-state index contributed by atoms with van der Waals surface area (Å²) >= 11 is 0. The van der Waals surface area contributed by atoms with Crippen LogP contribution in [0.25, 0.3) is 0 Å². The van der Waals surface area contributed by atoms with E-state index in [1.165, 1.54) is 64.5 Å². The molecule has 2 aliphatic heterocycles. The van der Waals surface area contributed by atoms with Gasteiger partial charge in [-0.25, -0.2) is 8.42 Å². The second-order valence-electron chi connectivity index (χ2n) is 7.31. The van der Waals surface area contributed by atoms with Crippen LogP contribution in [0, 0.1) is 0 Å². The van der Waals surface area contributed by atoms with Gasteiger partial charge in [-0.15, -0.1) is 0 Å². The molecule has 1 aliphatic carbocycles. The van der Waals surface area contributed by atoms with E-state index in [0.717, 1.165) is 13.0 Å². The number of hydrogen-bond acceptors (Lipinski definition) is 4. The molecule has 0 spiro atoms. The zero-order valence-electron chi connectivity index (χ0n) is 13.1. The fourth-order valence-electron chi connectivity index (χ4n) is 4.47. The van der Waals surface area contributed by atoms with Crippen LogP contribution in [0.4, 0.5) is 0 Å². The monoisotopic (exact) mass is 314 g/mol. The average molecular weight is 314 g/mol. The summed E-state index contributed by atoms with van der Waals surface area (Å²) in [7, 11) is -2.77. The minimum Gasteiger partial charge on any atom is -0.311 e. The number of hydrogen-bond donors (Lipinski definition) is 1. The third kappa shape index (κ3) is 3.80. The number of nitrogens with one attached hydrogen (secondary N) is 1. The minimum atomic E-state index is -2.77. The lowest BCUT2D eigenvalue weighted by molar-refractivity contribution is 0.0319. The standard InChI is InChI=1S/C16H30N2O2S/c19-21(20)12-7-15(13-21)17-14-16(8-3-1-4-9-16)18-10-5-2-6-11-18/h15,17H,1-14H2. The lowest BCUT2D eigenvalue weighted by atomic mass is 9.79. The van der Waals surface area contributed by atoms with Gasteiger partial charge in [0, 0.05) is 18.1 Å². The highest BCUT2D eigenvalue weighted by atomic mass is 32.2. The van der Waals surface area contributed by atoms with E-state index in [2.05, 4.69) is 10.2 Å². The number of sulfone groups is 1. The summed E-state index contributed by atoms with van der Waals surface area (Å²) in [6, 6.07) is 0.193. The van der Waals surface area contributed by atoms with Gasteiger partial charge in [-0.2, -0.15) is 0 Å². The van der Waals surface area contributed by atoms with Gasteiger partial charge in [0.2, 0.25) is 0 Å². The molecule has 3 fully saturated rings. The smallest absolute Gasteiger partial charge is 0.151 e. The summed E-state index contributed by atoms with van der Waals surface area (Å²) in [5.41, 5.74) is 0.311. The molecule has 2 saturated heterocycles. The van der Waals surface area contributed by atoms with Gasteiger partial charge < -0.3 is 5.32 Å². The summed E-state index contributed by atoms with van der Waals surface area (Å²) in [5.74, 6) is 0.727. The summed E-state index contributed by atoms with van der Waals surface area (Å²) in [4.78, 5) is 2.73. The van der Waals surface area contributed by atoms with E-state index in [1.54, 1.807) is 0 Å². The van der Waals surface area contributed by atoms with Gasteiger partial charge >= 0.3 is 0 Å². The van der Waals surface area contributed by atoms with E-state index in [-0.39, 0.29) is 6.04 Å². The third-order valence-corrected chi connectivity index (χ3v) is 7.53. The van der Waals surface area contributed by atoms with Gasteiger partial charge in [0.05, 0.1) is 11.5 Å². The molecule has 0 aromatic rings. The van der Waals surface area contributed by atoms with E-state index in [9.17, 15) is 8.42 Å². The summed E-state index contributed by atoms with van der Waals surface area (Å²) in [5, 5.41) is 3.62. The van der Waals surface area contributed by atoms with Gasteiger partial charge in [0.1, 0.15) is 0 Å². The topological polar surface area (TPSA) is 49.4 Å². The van der Waals surface area contributed by atoms with Crippen LogP contribution in [0.15, 0.2) is 0 Å². The third-order valence-electron chi connectivity index (χ3n) is 5.76. The Morgan fingerprint density at radius 3 is 2.29 bits per heavy atom. The second-order valence-corrected chi connectivity index (χ2v) is 9.54. The Balaban J connectivity index is 1.62. The van der Waals surface area contributed by atoms with Crippen LogP contribution in [0.3, 0.4) is 0 Å². The molecule has 1 unspecified atom stereocenters. The molecule has 3 rings (SSSR count). The van der Waals surface area contributed by atoms with Crippen molar-refractivity contribution in [3.63, 3.8) is 0 Å². The predicted molar refractivity (Wildman–Crippen MR) is 86.3 cm³/mol. The number of likely N-dealkylation sites (tertiary alicyclic amines) is 1. The molecule has 4 nitrogen and oxygen atoms in total. The highest BCUT2D eigenvalue weighted by molar-refractivity contribution is 7.91. The van der Waals surface area contributed by atoms with E-state index in [1.807, 2.05) is 0 Å². The summed E-state index contributed by atoms with van der Waals surface area (Å²) < 4.78 is 23.2. The zero-order chi connectivity index (χ0) is 14.8. The van der Waals surface area contributed by atoms with Gasteiger partial charge in [-0.1, -0.05) is 25.7 Å². The van der Waals surface area contributed by atoms with Crippen molar-refractivity contribution in [2.75, 3.05) is 31.1 Å². The quantitative estimate of drug-likeness (QED) is 0.862. The van der Waals surface area contributed by atoms with Crippen LogP contribution < -0.4 is 5.32 Å². The van der Waals surface area contributed by atoms with Crippen molar-refractivity contribution in [1.29, 1.82) is 0 Å². The summed E-state index contributed by atoms with van der Waals surface area (Å²) in [6.45, 7) is 3.47. The van der Waals surface area contributed by atoms with Crippen molar-refractivity contribution in [3.8, 4) is 0 Å². The zero-order valence-corrected chi connectivity index (χ0v) is 14.0. The molecule has 0 bridgehead atoms. The Kier molecular flexibility index (Phi) is 4.91. The van der Waals surface area contributed by atoms with Gasteiger partial charge in [0.15, 0.2) is 9.84 Å². The Morgan fingerprint density at radius 2 is 1.67 bits per heavy atom. The van der Waals surface area contributed by atoms with E-state index >= 15 is 0 Å². The van der Waals surface area contributed by atoms with Crippen LogP contribution in [0.1, 0.15) is 57.8 Å². The van der Waals surface area contributed by atoms with Crippen LogP contribution in [0.5, 0.6) is 0 Å². The molecular formula is C16H30N2O2S. The van der Waals surface area contributed by atoms with Crippen LogP contribution in [-0.4, -0.2) is 56.0 Å². The van der Waals surface area contributed by atoms with Crippen LogP contribution >= 0.6 is 0 Å². The molecule has 0 aromatic carbocycles. The molecule has 0 radical (unpaired) electrons. The normalized spacial score (nSPS) is 33.0. The molecule has 122 valence electrons. The first-order valence-electron chi connectivity index (χ1n) is 8.79. The van der Waals surface area contributed by atoms with Gasteiger partial charge in [-0.3, -0.25) is 4.90 Å². The molecule has 1 saturated carbocycles. The first-order valence-corrected chi connectivity index (χ1v) is 10.6. The van der Waals surface area contributed by atoms with Crippen molar-refractivity contribution in [2.45, 2.75) is 69.4 Å². The first-order chi connectivity index (χ1) is 10.1. The maximum absolute atomic E-state index is 11.6. The lowest BCUT2D eigenvalue weighted by Crippen LogP contribution is -2.58. The Labute approximate surface area is 129 Å². The maximum Gasteiger partial charge on any atom is 0.151 e. The van der Waals surface area contributed by atoms with E-state index in [4.69, 9.17) is 0 Å². The Bertz CT molecular complexity index is 437.